The first-order chi connectivity index (χ1) is 10.2. The van der Waals surface area contributed by atoms with Crippen molar-refractivity contribution in [3.05, 3.63) is 58.6 Å². The van der Waals surface area contributed by atoms with Crippen molar-refractivity contribution in [3.63, 3.8) is 0 Å². The van der Waals surface area contributed by atoms with Crippen molar-refractivity contribution in [2.24, 2.45) is 0 Å². The number of aromatic amines is 1. The first-order valence-corrected chi connectivity index (χ1v) is 6.92. The SMILES string of the molecule is O=C(Nc1ccc(-c2nn[nH]n2)cc1)c1ccc(Br)cc1. The normalized spacial score (nSPS) is 10.3. The molecular formula is C14H10BrN5O. The molecule has 1 amide bonds. The summed E-state index contributed by atoms with van der Waals surface area (Å²) in [6.45, 7) is 0. The van der Waals surface area contributed by atoms with Gasteiger partial charge >= 0.3 is 0 Å². The molecule has 0 unspecified atom stereocenters. The number of H-pyrrole nitrogens is 1. The molecule has 1 heterocycles. The van der Waals surface area contributed by atoms with Gasteiger partial charge in [-0.3, -0.25) is 4.79 Å². The summed E-state index contributed by atoms with van der Waals surface area (Å²) in [7, 11) is 0. The fourth-order valence-corrected chi connectivity index (χ4v) is 2.06. The van der Waals surface area contributed by atoms with E-state index in [1.54, 1.807) is 24.3 Å². The van der Waals surface area contributed by atoms with E-state index in [2.05, 4.69) is 41.9 Å². The maximum atomic E-state index is 12.1. The first kappa shape index (κ1) is 13.4. The van der Waals surface area contributed by atoms with Gasteiger partial charge in [-0.15, -0.1) is 10.2 Å². The minimum absolute atomic E-state index is 0.158. The second-order valence-electron chi connectivity index (χ2n) is 4.27. The lowest BCUT2D eigenvalue weighted by Crippen LogP contribution is -2.11. The Morgan fingerprint density at radius 1 is 1.05 bits per heavy atom. The van der Waals surface area contributed by atoms with Crippen LogP contribution in [0.3, 0.4) is 0 Å². The molecule has 0 aliphatic rings. The maximum Gasteiger partial charge on any atom is 0.255 e. The van der Waals surface area contributed by atoms with Crippen LogP contribution in [0.15, 0.2) is 53.0 Å². The van der Waals surface area contributed by atoms with Crippen molar-refractivity contribution in [3.8, 4) is 11.4 Å². The molecule has 2 N–H and O–H groups in total. The van der Waals surface area contributed by atoms with Crippen molar-refractivity contribution < 1.29 is 4.79 Å². The molecule has 7 heteroatoms. The molecule has 0 radical (unpaired) electrons. The molecule has 2 aromatic carbocycles. The number of hydrogen-bond donors (Lipinski definition) is 2. The number of carbonyl (C=O) groups is 1. The van der Waals surface area contributed by atoms with Gasteiger partial charge in [0.2, 0.25) is 5.82 Å². The predicted octanol–water partition coefficient (Wildman–Crippen LogP) is 2.88. The van der Waals surface area contributed by atoms with Crippen molar-refractivity contribution in [2.75, 3.05) is 5.32 Å². The molecule has 0 spiro atoms. The van der Waals surface area contributed by atoms with Gasteiger partial charge < -0.3 is 5.32 Å². The van der Waals surface area contributed by atoms with E-state index in [0.717, 1.165) is 10.0 Å². The summed E-state index contributed by atoms with van der Waals surface area (Å²) in [6, 6.07) is 14.4. The van der Waals surface area contributed by atoms with Crippen LogP contribution in [0.1, 0.15) is 10.4 Å². The van der Waals surface area contributed by atoms with Crippen LogP contribution < -0.4 is 5.32 Å². The summed E-state index contributed by atoms with van der Waals surface area (Å²) in [5, 5.41) is 16.5. The monoisotopic (exact) mass is 343 g/mol. The molecular weight excluding hydrogens is 334 g/mol. The highest BCUT2D eigenvalue weighted by Crippen LogP contribution is 2.18. The molecule has 0 saturated carbocycles. The summed E-state index contributed by atoms with van der Waals surface area (Å²) in [5.41, 5.74) is 2.13. The lowest BCUT2D eigenvalue weighted by atomic mass is 10.2. The fraction of sp³-hybridized carbons (Fsp3) is 0. The molecule has 0 aliphatic carbocycles. The van der Waals surface area contributed by atoms with Gasteiger partial charge in [0.1, 0.15) is 0 Å². The van der Waals surface area contributed by atoms with E-state index >= 15 is 0 Å². The number of hydrogen-bond acceptors (Lipinski definition) is 4. The number of tetrazole rings is 1. The van der Waals surface area contributed by atoms with Gasteiger partial charge in [0.25, 0.3) is 5.91 Å². The van der Waals surface area contributed by atoms with E-state index in [1.165, 1.54) is 0 Å². The zero-order chi connectivity index (χ0) is 14.7. The molecule has 1 aromatic heterocycles. The van der Waals surface area contributed by atoms with E-state index in [0.29, 0.717) is 17.1 Å². The Labute approximate surface area is 128 Å². The minimum Gasteiger partial charge on any atom is -0.322 e. The Hall–Kier alpha value is -2.54. The number of amides is 1. The van der Waals surface area contributed by atoms with E-state index in [9.17, 15) is 4.79 Å². The molecule has 0 fully saturated rings. The average Bonchev–Trinajstić information content (AvgIpc) is 3.03. The predicted molar refractivity (Wildman–Crippen MR) is 81.7 cm³/mol. The second-order valence-corrected chi connectivity index (χ2v) is 5.19. The van der Waals surface area contributed by atoms with Crippen molar-refractivity contribution in [2.45, 2.75) is 0 Å². The van der Waals surface area contributed by atoms with Crippen LogP contribution in [0.5, 0.6) is 0 Å². The van der Waals surface area contributed by atoms with Crippen molar-refractivity contribution in [1.82, 2.24) is 20.6 Å². The van der Waals surface area contributed by atoms with E-state index in [1.807, 2.05) is 24.3 Å². The van der Waals surface area contributed by atoms with Crippen molar-refractivity contribution >= 4 is 27.5 Å². The van der Waals surface area contributed by atoms with Crippen LogP contribution >= 0.6 is 15.9 Å². The standard InChI is InChI=1S/C14H10BrN5O/c15-11-5-1-10(2-6-11)14(21)16-12-7-3-9(4-8-12)13-17-19-20-18-13/h1-8H,(H,16,21)(H,17,18,19,20). The van der Waals surface area contributed by atoms with Crippen LogP contribution in [0.25, 0.3) is 11.4 Å². The minimum atomic E-state index is -0.158. The largest absolute Gasteiger partial charge is 0.322 e. The molecule has 0 atom stereocenters. The summed E-state index contributed by atoms with van der Waals surface area (Å²) < 4.78 is 0.934. The lowest BCUT2D eigenvalue weighted by molar-refractivity contribution is 0.102. The third-order valence-corrected chi connectivity index (χ3v) is 3.38. The molecule has 6 nitrogen and oxygen atoms in total. The quantitative estimate of drug-likeness (QED) is 0.765. The maximum absolute atomic E-state index is 12.1. The van der Waals surface area contributed by atoms with E-state index < -0.39 is 0 Å². The van der Waals surface area contributed by atoms with E-state index in [4.69, 9.17) is 0 Å². The lowest BCUT2D eigenvalue weighted by Gasteiger charge is -2.05. The van der Waals surface area contributed by atoms with Gasteiger partial charge in [-0.05, 0) is 53.7 Å². The molecule has 104 valence electrons. The molecule has 3 rings (SSSR count). The summed E-state index contributed by atoms with van der Waals surface area (Å²) in [5.74, 6) is 0.357. The molecule has 21 heavy (non-hydrogen) atoms. The zero-order valence-corrected chi connectivity index (χ0v) is 12.3. The van der Waals surface area contributed by atoms with Crippen LogP contribution in [-0.4, -0.2) is 26.5 Å². The Morgan fingerprint density at radius 2 is 1.76 bits per heavy atom. The Balaban J connectivity index is 1.73. The highest BCUT2D eigenvalue weighted by atomic mass is 79.9. The number of nitrogens with zero attached hydrogens (tertiary/aromatic N) is 3. The summed E-state index contributed by atoms with van der Waals surface area (Å²) in [4.78, 5) is 12.1. The smallest absolute Gasteiger partial charge is 0.255 e. The number of aromatic nitrogens is 4. The topological polar surface area (TPSA) is 83.6 Å². The molecule has 3 aromatic rings. The Kier molecular flexibility index (Phi) is 3.74. The van der Waals surface area contributed by atoms with Gasteiger partial charge in [-0.2, -0.15) is 5.21 Å². The number of carbonyl (C=O) groups excluding carboxylic acids is 1. The number of rotatable bonds is 3. The number of halogens is 1. The van der Waals surface area contributed by atoms with Gasteiger partial charge in [-0.25, -0.2) is 0 Å². The fourth-order valence-electron chi connectivity index (χ4n) is 1.79. The highest BCUT2D eigenvalue weighted by Gasteiger charge is 2.07. The van der Waals surface area contributed by atoms with Gasteiger partial charge in [0, 0.05) is 21.3 Å². The van der Waals surface area contributed by atoms with Gasteiger partial charge in [0.05, 0.1) is 0 Å². The Bertz CT molecular complexity index is 738. The number of nitrogens with one attached hydrogen (secondary N) is 2. The molecule has 0 saturated heterocycles. The average molecular weight is 344 g/mol. The highest BCUT2D eigenvalue weighted by molar-refractivity contribution is 9.10. The zero-order valence-electron chi connectivity index (χ0n) is 10.7. The molecule has 0 aliphatic heterocycles. The van der Waals surface area contributed by atoms with Gasteiger partial charge in [-0.1, -0.05) is 15.9 Å². The molecule has 0 bridgehead atoms. The summed E-state index contributed by atoms with van der Waals surface area (Å²) in [6.07, 6.45) is 0. The van der Waals surface area contributed by atoms with Crippen molar-refractivity contribution in [1.29, 1.82) is 0 Å². The third kappa shape index (κ3) is 3.14. The first-order valence-electron chi connectivity index (χ1n) is 6.13. The van der Waals surface area contributed by atoms with Gasteiger partial charge in [0.15, 0.2) is 0 Å². The van der Waals surface area contributed by atoms with E-state index in [-0.39, 0.29) is 5.91 Å². The van der Waals surface area contributed by atoms with Crippen LogP contribution in [-0.2, 0) is 0 Å². The van der Waals surface area contributed by atoms with Crippen LogP contribution in [0.2, 0.25) is 0 Å². The third-order valence-electron chi connectivity index (χ3n) is 2.85. The Morgan fingerprint density at radius 3 is 2.38 bits per heavy atom. The number of anilines is 1. The second kappa shape index (κ2) is 5.84. The number of benzene rings is 2. The van der Waals surface area contributed by atoms with Crippen LogP contribution in [0, 0.1) is 0 Å². The van der Waals surface area contributed by atoms with Crippen LogP contribution in [0.4, 0.5) is 5.69 Å². The summed E-state index contributed by atoms with van der Waals surface area (Å²) >= 11 is 3.34.